The van der Waals surface area contributed by atoms with Crippen molar-refractivity contribution in [2.45, 2.75) is 20.8 Å². The number of hydrogen-bond donors (Lipinski definition) is 1. The van der Waals surface area contributed by atoms with Gasteiger partial charge in [0, 0.05) is 6.54 Å². The van der Waals surface area contributed by atoms with Gasteiger partial charge < -0.3 is 5.32 Å². The maximum atomic E-state index is 12.8. The fraction of sp³-hybridized carbons (Fsp3) is 0.500. The normalized spacial score (nSPS) is 12.6. The second-order valence-electron chi connectivity index (χ2n) is 4.28. The van der Waals surface area contributed by atoms with E-state index in [0.29, 0.717) is 18.4 Å². The van der Waals surface area contributed by atoms with Crippen LogP contribution in [0.5, 0.6) is 0 Å². The van der Waals surface area contributed by atoms with Gasteiger partial charge in [0.25, 0.3) is 5.91 Å². The minimum Gasteiger partial charge on any atom is -0.350 e. The fourth-order valence-corrected chi connectivity index (χ4v) is 1.11. The molecule has 1 rings (SSSR count). The molecule has 0 bridgehead atoms. The Balaban J connectivity index is 2.53. The third-order valence-corrected chi connectivity index (χ3v) is 2.67. The van der Waals surface area contributed by atoms with E-state index in [1.54, 1.807) is 0 Å². The Labute approximate surface area is 95.1 Å². The van der Waals surface area contributed by atoms with E-state index in [-0.39, 0.29) is 11.6 Å². The molecule has 0 saturated heterocycles. The van der Waals surface area contributed by atoms with Crippen LogP contribution >= 0.6 is 0 Å². The Morgan fingerprint density at radius 2 is 2.12 bits per heavy atom. The standard InChI is InChI=1S/C12H17FN2O/c1-8(2)9(3)7-14-12(16)10-5-4-6-11(13)15-10/h4-6,8-9H,7H2,1-3H3,(H,14,16). The molecule has 0 aromatic carbocycles. The Morgan fingerprint density at radius 1 is 1.44 bits per heavy atom. The molecule has 1 unspecified atom stereocenters. The van der Waals surface area contributed by atoms with Crippen LogP contribution in [0.25, 0.3) is 0 Å². The van der Waals surface area contributed by atoms with Crippen LogP contribution in [0.2, 0.25) is 0 Å². The topological polar surface area (TPSA) is 42.0 Å². The van der Waals surface area contributed by atoms with Crippen molar-refractivity contribution in [3.05, 3.63) is 29.8 Å². The van der Waals surface area contributed by atoms with Gasteiger partial charge in [-0.3, -0.25) is 4.79 Å². The van der Waals surface area contributed by atoms with Crippen LogP contribution in [0.1, 0.15) is 31.3 Å². The number of nitrogens with one attached hydrogen (secondary N) is 1. The molecule has 0 saturated carbocycles. The zero-order valence-corrected chi connectivity index (χ0v) is 9.83. The smallest absolute Gasteiger partial charge is 0.270 e. The van der Waals surface area contributed by atoms with Crippen LogP contribution in [-0.2, 0) is 0 Å². The maximum Gasteiger partial charge on any atom is 0.270 e. The van der Waals surface area contributed by atoms with Crippen molar-refractivity contribution >= 4 is 5.91 Å². The van der Waals surface area contributed by atoms with Crippen molar-refractivity contribution in [2.24, 2.45) is 11.8 Å². The van der Waals surface area contributed by atoms with Gasteiger partial charge >= 0.3 is 0 Å². The molecule has 1 N–H and O–H groups in total. The summed E-state index contributed by atoms with van der Waals surface area (Å²) in [5.41, 5.74) is 0.121. The molecular weight excluding hydrogens is 207 g/mol. The van der Waals surface area contributed by atoms with Crippen LogP contribution < -0.4 is 5.32 Å². The highest BCUT2D eigenvalue weighted by molar-refractivity contribution is 5.92. The largest absolute Gasteiger partial charge is 0.350 e. The lowest BCUT2D eigenvalue weighted by Gasteiger charge is -2.15. The summed E-state index contributed by atoms with van der Waals surface area (Å²) < 4.78 is 12.8. The van der Waals surface area contributed by atoms with Gasteiger partial charge in [-0.2, -0.15) is 4.39 Å². The molecule has 1 atom stereocenters. The van der Waals surface area contributed by atoms with Crippen LogP contribution in [0.4, 0.5) is 4.39 Å². The highest BCUT2D eigenvalue weighted by Gasteiger charge is 2.11. The van der Waals surface area contributed by atoms with E-state index in [1.807, 2.05) is 0 Å². The van der Waals surface area contributed by atoms with Crippen molar-refractivity contribution in [1.82, 2.24) is 10.3 Å². The van der Waals surface area contributed by atoms with Gasteiger partial charge in [-0.25, -0.2) is 4.98 Å². The van der Waals surface area contributed by atoms with Gasteiger partial charge in [-0.05, 0) is 24.0 Å². The molecule has 1 heterocycles. The fourth-order valence-electron chi connectivity index (χ4n) is 1.11. The molecule has 0 aliphatic rings. The Hall–Kier alpha value is -1.45. The first-order valence-corrected chi connectivity index (χ1v) is 5.41. The number of amides is 1. The zero-order valence-electron chi connectivity index (χ0n) is 9.83. The molecule has 4 heteroatoms. The summed E-state index contributed by atoms with van der Waals surface area (Å²) in [7, 11) is 0. The molecule has 1 amide bonds. The summed E-state index contributed by atoms with van der Waals surface area (Å²) in [6, 6.07) is 4.19. The predicted molar refractivity (Wildman–Crippen MR) is 60.5 cm³/mol. The minimum atomic E-state index is -0.635. The Bertz CT molecular complexity index is 366. The third kappa shape index (κ3) is 3.61. The van der Waals surface area contributed by atoms with E-state index in [9.17, 15) is 9.18 Å². The number of rotatable bonds is 4. The summed E-state index contributed by atoms with van der Waals surface area (Å²) in [5, 5.41) is 2.74. The lowest BCUT2D eigenvalue weighted by molar-refractivity contribution is 0.0938. The second-order valence-corrected chi connectivity index (χ2v) is 4.28. The monoisotopic (exact) mass is 224 g/mol. The van der Waals surface area contributed by atoms with Crippen LogP contribution in [-0.4, -0.2) is 17.4 Å². The molecule has 88 valence electrons. The lowest BCUT2D eigenvalue weighted by Crippen LogP contribution is -2.30. The number of halogens is 1. The van der Waals surface area contributed by atoms with Gasteiger partial charge in [0.2, 0.25) is 5.95 Å². The molecule has 0 spiro atoms. The van der Waals surface area contributed by atoms with Crippen molar-refractivity contribution in [3.8, 4) is 0 Å². The molecule has 3 nitrogen and oxygen atoms in total. The molecule has 1 aromatic heterocycles. The molecule has 0 fully saturated rings. The first kappa shape index (κ1) is 12.6. The van der Waals surface area contributed by atoms with E-state index >= 15 is 0 Å². The van der Waals surface area contributed by atoms with Crippen molar-refractivity contribution in [3.63, 3.8) is 0 Å². The summed E-state index contributed by atoms with van der Waals surface area (Å²) >= 11 is 0. The Morgan fingerprint density at radius 3 is 2.69 bits per heavy atom. The number of carbonyl (C=O) groups is 1. The van der Waals surface area contributed by atoms with Gasteiger partial charge in [-0.1, -0.05) is 26.8 Å². The lowest BCUT2D eigenvalue weighted by atomic mass is 9.98. The van der Waals surface area contributed by atoms with Crippen molar-refractivity contribution in [2.75, 3.05) is 6.54 Å². The molecule has 0 aliphatic carbocycles. The van der Waals surface area contributed by atoms with E-state index < -0.39 is 5.95 Å². The second kappa shape index (κ2) is 5.58. The highest BCUT2D eigenvalue weighted by atomic mass is 19.1. The summed E-state index contributed by atoms with van der Waals surface area (Å²) in [4.78, 5) is 15.1. The summed E-state index contributed by atoms with van der Waals surface area (Å²) in [6.07, 6.45) is 0. The quantitative estimate of drug-likeness (QED) is 0.797. The SMILES string of the molecule is CC(C)C(C)CNC(=O)c1cccc(F)n1. The van der Waals surface area contributed by atoms with Crippen LogP contribution in [0.15, 0.2) is 18.2 Å². The number of hydrogen-bond acceptors (Lipinski definition) is 2. The van der Waals surface area contributed by atoms with Gasteiger partial charge in [0.15, 0.2) is 0 Å². The maximum absolute atomic E-state index is 12.8. The highest BCUT2D eigenvalue weighted by Crippen LogP contribution is 2.08. The Kier molecular flexibility index (Phi) is 4.40. The number of pyridine rings is 1. The van der Waals surface area contributed by atoms with Gasteiger partial charge in [0.05, 0.1) is 0 Å². The van der Waals surface area contributed by atoms with Crippen molar-refractivity contribution in [1.29, 1.82) is 0 Å². The third-order valence-electron chi connectivity index (χ3n) is 2.67. The molecule has 16 heavy (non-hydrogen) atoms. The van der Waals surface area contributed by atoms with E-state index in [4.69, 9.17) is 0 Å². The number of carbonyl (C=O) groups excluding carboxylic acids is 1. The average Bonchev–Trinajstić information content (AvgIpc) is 2.25. The van der Waals surface area contributed by atoms with Crippen LogP contribution in [0.3, 0.4) is 0 Å². The molecular formula is C12H17FN2O. The summed E-state index contributed by atoms with van der Waals surface area (Å²) in [5.74, 6) is -0.0742. The van der Waals surface area contributed by atoms with E-state index in [1.165, 1.54) is 18.2 Å². The van der Waals surface area contributed by atoms with Gasteiger partial charge in [0.1, 0.15) is 5.69 Å². The average molecular weight is 224 g/mol. The van der Waals surface area contributed by atoms with E-state index in [2.05, 4.69) is 31.1 Å². The number of aromatic nitrogens is 1. The summed E-state index contributed by atoms with van der Waals surface area (Å²) in [6.45, 7) is 6.83. The number of nitrogens with zero attached hydrogens (tertiary/aromatic N) is 1. The molecule has 0 aliphatic heterocycles. The molecule has 0 radical (unpaired) electrons. The first-order chi connectivity index (χ1) is 7.50. The minimum absolute atomic E-state index is 0.121. The predicted octanol–water partition coefficient (Wildman–Crippen LogP) is 2.24. The zero-order chi connectivity index (χ0) is 12.1. The van der Waals surface area contributed by atoms with Crippen LogP contribution in [0, 0.1) is 17.8 Å². The first-order valence-electron chi connectivity index (χ1n) is 5.41. The van der Waals surface area contributed by atoms with E-state index in [0.717, 1.165) is 0 Å². The molecule has 1 aromatic rings. The van der Waals surface area contributed by atoms with Gasteiger partial charge in [-0.15, -0.1) is 0 Å². The van der Waals surface area contributed by atoms with Crippen molar-refractivity contribution < 1.29 is 9.18 Å².